The van der Waals surface area contributed by atoms with Gasteiger partial charge in [-0.3, -0.25) is 4.79 Å². The smallest absolute Gasteiger partial charge is 0.251 e. The van der Waals surface area contributed by atoms with Gasteiger partial charge in [0.15, 0.2) is 11.5 Å². The molecule has 0 fully saturated rings. The molecule has 0 unspecified atom stereocenters. The molecule has 0 saturated heterocycles. The molecule has 0 atom stereocenters. The molecule has 5 nitrogen and oxygen atoms in total. The topological polar surface area (TPSA) is 56.8 Å². The van der Waals surface area contributed by atoms with E-state index in [1.807, 2.05) is 38.1 Å². The van der Waals surface area contributed by atoms with Crippen LogP contribution in [-0.4, -0.2) is 32.8 Å². The number of rotatable bonds is 8. The number of benzene rings is 2. The molecular weight excluding hydrogens is 386 g/mol. The van der Waals surface area contributed by atoms with Crippen molar-refractivity contribution in [1.82, 2.24) is 5.32 Å². The van der Waals surface area contributed by atoms with Crippen LogP contribution in [0.2, 0.25) is 0 Å². The molecule has 0 bridgehead atoms. The molecule has 134 valence electrons. The van der Waals surface area contributed by atoms with E-state index in [1.165, 1.54) is 5.56 Å². The van der Waals surface area contributed by atoms with Gasteiger partial charge in [0, 0.05) is 5.56 Å². The molecule has 0 aliphatic rings. The second-order valence-electron chi connectivity index (χ2n) is 5.34. The van der Waals surface area contributed by atoms with Crippen molar-refractivity contribution >= 4 is 21.8 Å². The first-order valence-corrected chi connectivity index (χ1v) is 8.82. The van der Waals surface area contributed by atoms with Gasteiger partial charge in [0.05, 0.1) is 24.7 Å². The number of halogens is 1. The normalized spacial score (nSPS) is 10.2. The number of hydrogen-bond acceptors (Lipinski definition) is 4. The van der Waals surface area contributed by atoms with Crippen LogP contribution in [0.4, 0.5) is 0 Å². The van der Waals surface area contributed by atoms with Crippen LogP contribution in [0.5, 0.6) is 17.2 Å². The summed E-state index contributed by atoms with van der Waals surface area (Å²) in [4.78, 5) is 12.3. The number of hydrogen-bond donors (Lipinski definition) is 1. The van der Waals surface area contributed by atoms with E-state index < -0.39 is 0 Å². The molecule has 1 N–H and O–H groups in total. The van der Waals surface area contributed by atoms with E-state index in [4.69, 9.17) is 14.2 Å². The zero-order valence-electron chi connectivity index (χ0n) is 14.6. The van der Waals surface area contributed by atoms with Crippen LogP contribution in [0.25, 0.3) is 0 Å². The van der Waals surface area contributed by atoms with E-state index in [2.05, 4.69) is 21.2 Å². The van der Waals surface area contributed by atoms with Crippen molar-refractivity contribution in [3.63, 3.8) is 0 Å². The van der Waals surface area contributed by atoms with Crippen molar-refractivity contribution in [1.29, 1.82) is 0 Å². The maximum atomic E-state index is 12.3. The number of nitrogens with one attached hydrogen (secondary N) is 1. The highest BCUT2D eigenvalue weighted by Crippen LogP contribution is 2.36. The lowest BCUT2D eigenvalue weighted by molar-refractivity contribution is 0.0946. The highest BCUT2D eigenvalue weighted by Gasteiger charge is 2.15. The Kier molecular flexibility index (Phi) is 7.13. The molecular formula is C19H22BrNO4. The van der Waals surface area contributed by atoms with Crippen molar-refractivity contribution in [2.24, 2.45) is 0 Å². The second kappa shape index (κ2) is 9.32. The molecule has 0 heterocycles. The molecule has 0 aliphatic heterocycles. The molecule has 6 heteroatoms. The van der Waals surface area contributed by atoms with Crippen LogP contribution in [0.3, 0.4) is 0 Å². The minimum atomic E-state index is -0.197. The second-order valence-corrected chi connectivity index (χ2v) is 6.19. The molecule has 0 radical (unpaired) electrons. The van der Waals surface area contributed by atoms with Crippen molar-refractivity contribution in [3.05, 3.63) is 52.0 Å². The number of ether oxygens (including phenoxy) is 3. The Morgan fingerprint density at radius 2 is 1.88 bits per heavy atom. The Hall–Kier alpha value is -2.21. The molecule has 25 heavy (non-hydrogen) atoms. The van der Waals surface area contributed by atoms with Gasteiger partial charge in [-0.15, -0.1) is 0 Å². The first-order valence-electron chi connectivity index (χ1n) is 8.03. The first kappa shape index (κ1) is 19.1. The fourth-order valence-corrected chi connectivity index (χ4v) is 2.83. The van der Waals surface area contributed by atoms with Crippen LogP contribution in [0, 0.1) is 6.92 Å². The maximum Gasteiger partial charge on any atom is 0.251 e. The third kappa shape index (κ3) is 5.39. The Bertz CT molecular complexity index is 716. The van der Waals surface area contributed by atoms with Gasteiger partial charge < -0.3 is 19.5 Å². The summed E-state index contributed by atoms with van der Waals surface area (Å²) in [6, 6.07) is 11.2. The number of aryl methyl sites for hydroxylation is 1. The lowest BCUT2D eigenvalue weighted by Gasteiger charge is -2.13. The molecule has 0 saturated carbocycles. The van der Waals surface area contributed by atoms with E-state index in [0.717, 1.165) is 5.75 Å². The van der Waals surface area contributed by atoms with Gasteiger partial charge in [-0.25, -0.2) is 0 Å². The predicted octanol–water partition coefficient (Wildman–Crippen LogP) is 3.97. The van der Waals surface area contributed by atoms with Gasteiger partial charge in [0.25, 0.3) is 5.91 Å². The molecule has 1 amide bonds. The Morgan fingerprint density at radius 1 is 1.16 bits per heavy atom. The molecule has 2 aromatic carbocycles. The fraction of sp³-hybridized carbons (Fsp3) is 0.316. The summed E-state index contributed by atoms with van der Waals surface area (Å²) in [5.41, 5.74) is 1.67. The van der Waals surface area contributed by atoms with Crippen LogP contribution in [0.1, 0.15) is 22.8 Å². The third-order valence-corrected chi connectivity index (χ3v) is 4.04. The Balaban J connectivity index is 1.92. The standard InChI is InChI=1S/C19H22BrNO4/c1-4-24-17-12-14(11-16(20)18(17)23-3)19(22)21-9-10-25-15-7-5-13(2)6-8-15/h5-8,11-12H,4,9-10H2,1-3H3,(H,21,22). The molecule has 0 aliphatic carbocycles. The minimum Gasteiger partial charge on any atom is -0.492 e. The van der Waals surface area contributed by atoms with Crippen molar-refractivity contribution in [3.8, 4) is 17.2 Å². The third-order valence-electron chi connectivity index (χ3n) is 3.45. The van der Waals surface area contributed by atoms with Crippen LogP contribution in [0.15, 0.2) is 40.9 Å². The van der Waals surface area contributed by atoms with Gasteiger partial charge >= 0.3 is 0 Å². The van der Waals surface area contributed by atoms with Gasteiger partial charge in [0.1, 0.15) is 12.4 Å². The largest absolute Gasteiger partial charge is 0.492 e. The summed E-state index contributed by atoms with van der Waals surface area (Å²) in [5.74, 6) is 1.68. The van der Waals surface area contributed by atoms with Crippen LogP contribution < -0.4 is 19.5 Å². The van der Waals surface area contributed by atoms with Gasteiger partial charge in [-0.1, -0.05) is 17.7 Å². The molecule has 2 rings (SSSR count). The average Bonchev–Trinajstić information content (AvgIpc) is 2.60. The number of carbonyl (C=O) groups is 1. The lowest BCUT2D eigenvalue weighted by Crippen LogP contribution is -2.28. The number of methoxy groups -OCH3 is 1. The Labute approximate surface area is 156 Å². The Morgan fingerprint density at radius 3 is 2.52 bits per heavy atom. The van der Waals surface area contributed by atoms with Crippen LogP contribution in [-0.2, 0) is 0 Å². The molecule has 0 aromatic heterocycles. The van der Waals surface area contributed by atoms with E-state index in [0.29, 0.717) is 41.3 Å². The summed E-state index contributed by atoms with van der Waals surface area (Å²) in [6.45, 7) is 5.18. The summed E-state index contributed by atoms with van der Waals surface area (Å²) < 4.78 is 17.1. The van der Waals surface area contributed by atoms with Gasteiger partial charge in [-0.2, -0.15) is 0 Å². The monoisotopic (exact) mass is 407 g/mol. The summed E-state index contributed by atoms with van der Waals surface area (Å²) in [6.07, 6.45) is 0. The lowest BCUT2D eigenvalue weighted by atomic mass is 10.2. The van der Waals surface area contributed by atoms with Crippen molar-refractivity contribution in [2.45, 2.75) is 13.8 Å². The molecule has 0 spiro atoms. The minimum absolute atomic E-state index is 0.197. The van der Waals surface area contributed by atoms with Crippen molar-refractivity contribution in [2.75, 3.05) is 26.9 Å². The predicted molar refractivity (Wildman–Crippen MR) is 101 cm³/mol. The maximum absolute atomic E-state index is 12.3. The zero-order valence-corrected chi connectivity index (χ0v) is 16.2. The van der Waals surface area contributed by atoms with E-state index in [-0.39, 0.29) is 5.91 Å². The van der Waals surface area contributed by atoms with E-state index >= 15 is 0 Å². The highest BCUT2D eigenvalue weighted by molar-refractivity contribution is 9.10. The van der Waals surface area contributed by atoms with E-state index in [9.17, 15) is 4.79 Å². The van der Waals surface area contributed by atoms with Gasteiger partial charge in [0.2, 0.25) is 0 Å². The zero-order chi connectivity index (χ0) is 18.2. The molecule has 2 aromatic rings. The summed E-state index contributed by atoms with van der Waals surface area (Å²) >= 11 is 3.40. The SMILES string of the molecule is CCOc1cc(C(=O)NCCOc2ccc(C)cc2)cc(Br)c1OC. The quantitative estimate of drug-likeness (QED) is 0.672. The fourth-order valence-electron chi connectivity index (χ4n) is 2.23. The first-order chi connectivity index (χ1) is 12.0. The number of carbonyl (C=O) groups excluding carboxylic acids is 1. The highest BCUT2D eigenvalue weighted by atomic mass is 79.9. The average molecular weight is 408 g/mol. The van der Waals surface area contributed by atoms with Crippen LogP contribution >= 0.6 is 15.9 Å². The summed E-state index contributed by atoms with van der Waals surface area (Å²) in [7, 11) is 1.56. The number of amides is 1. The van der Waals surface area contributed by atoms with Crippen molar-refractivity contribution < 1.29 is 19.0 Å². The van der Waals surface area contributed by atoms with Gasteiger partial charge in [-0.05, 0) is 54.0 Å². The van der Waals surface area contributed by atoms with E-state index in [1.54, 1.807) is 19.2 Å². The summed E-state index contributed by atoms with van der Waals surface area (Å²) in [5, 5.41) is 2.83.